The monoisotopic (exact) mass is 343 g/mol. The van der Waals surface area contributed by atoms with E-state index < -0.39 is 0 Å². The highest BCUT2D eigenvalue weighted by molar-refractivity contribution is 7.99. The molecule has 0 radical (unpaired) electrons. The van der Waals surface area contributed by atoms with Gasteiger partial charge in [0.1, 0.15) is 5.37 Å². The van der Waals surface area contributed by atoms with Crippen LogP contribution in [0.1, 0.15) is 33.2 Å². The van der Waals surface area contributed by atoms with Crippen molar-refractivity contribution < 1.29 is 0 Å². The van der Waals surface area contributed by atoms with Crippen LogP contribution in [0.3, 0.4) is 0 Å². The first kappa shape index (κ1) is 16.0. The van der Waals surface area contributed by atoms with Gasteiger partial charge in [0.15, 0.2) is 0 Å². The smallest absolute Gasteiger partial charge is 0.103 e. The van der Waals surface area contributed by atoms with Crippen LogP contribution in [0.25, 0.3) is 5.70 Å². The lowest BCUT2D eigenvalue weighted by Crippen LogP contribution is -2.21. The van der Waals surface area contributed by atoms with E-state index >= 15 is 0 Å². The standard InChI is InChI=1S/C23H21NS/c1-16-8-13-22-21(14-16)17(2)24-23(25-22)20-11-9-19(10-12-20)15-18-6-4-3-5-7-18/h3-14,23-24H,2,15H2,1H3. The number of thioether (sulfide) groups is 1. The Labute approximate surface area is 153 Å². The Balaban J connectivity index is 1.53. The van der Waals surface area contributed by atoms with Crippen molar-refractivity contribution in [1.29, 1.82) is 0 Å². The highest BCUT2D eigenvalue weighted by Crippen LogP contribution is 2.42. The third-order valence-corrected chi connectivity index (χ3v) is 5.78. The van der Waals surface area contributed by atoms with Crippen molar-refractivity contribution in [1.82, 2.24) is 5.32 Å². The van der Waals surface area contributed by atoms with Crippen molar-refractivity contribution >= 4 is 17.5 Å². The van der Waals surface area contributed by atoms with E-state index in [0.717, 1.165) is 12.1 Å². The summed E-state index contributed by atoms with van der Waals surface area (Å²) in [5.74, 6) is 0. The molecular weight excluding hydrogens is 322 g/mol. The molecule has 0 aromatic heterocycles. The van der Waals surface area contributed by atoms with Gasteiger partial charge in [0.25, 0.3) is 0 Å². The molecule has 1 atom stereocenters. The summed E-state index contributed by atoms with van der Waals surface area (Å²) < 4.78 is 0. The topological polar surface area (TPSA) is 12.0 Å². The minimum atomic E-state index is 0.216. The summed E-state index contributed by atoms with van der Waals surface area (Å²) in [7, 11) is 0. The van der Waals surface area contributed by atoms with Gasteiger partial charge in [-0.3, -0.25) is 0 Å². The Morgan fingerprint density at radius 2 is 1.64 bits per heavy atom. The van der Waals surface area contributed by atoms with Crippen molar-refractivity contribution in [2.24, 2.45) is 0 Å². The van der Waals surface area contributed by atoms with E-state index in [2.05, 4.69) is 91.6 Å². The molecule has 1 unspecified atom stereocenters. The zero-order valence-corrected chi connectivity index (χ0v) is 15.1. The van der Waals surface area contributed by atoms with Crippen LogP contribution in [-0.4, -0.2) is 0 Å². The summed E-state index contributed by atoms with van der Waals surface area (Å²) >= 11 is 1.86. The summed E-state index contributed by atoms with van der Waals surface area (Å²) in [6.07, 6.45) is 0.973. The highest BCUT2D eigenvalue weighted by atomic mass is 32.2. The minimum absolute atomic E-state index is 0.216. The Bertz CT molecular complexity index is 897. The lowest BCUT2D eigenvalue weighted by molar-refractivity contribution is 0.846. The van der Waals surface area contributed by atoms with Gasteiger partial charge in [-0.05, 0) is 42.2 Å². The van der Waals surface area contributed by atoms with Gasteiger partial charge in [0.05, 0.1) is 0 Å². The van der Waals surface area contributed by atoms with Crippen LogP contribution in [-0.2, 0) is 6.42 Å². The molecule has 1 N–H and O–H groups in total. The summed E-state index contributed by atoms with van der Waals surface area (Å²) in [5, 5.41) is 3.77. The van der Waals surface area contributed by atoms with Crippen LogP contribution < -0.4 is 5.32 Å². The fourth-order valence-corrected chi connectivity index (χ4v) is 4.37. The van der Waals surface area contributed by atoms with E-state index in [4.69, 9.17) is 0 Å². The number of rotatable bonds is 3. The molecule has 1 aliphatic heterocycles. The van der Waals surface area contributed by atoms with E-state index in [1.165, 1.54) is 32.7 Å². The number of aryl methyl sites for hydroxylation is 1. The lowest BCUT2D eigenvalue weighted by Gasteiger charge is -2.28. The van der Waals surface area contributed by atoms with Crippen LogP contribution >= 0.6 is 11.8 Å². The van der Waals surface area contributed by atoms with Crippen LogP contribution in [0.4, 0.5) is 0 Å². The molecule has 1 nitrogen and oxygen atoms in total. The molecule has 1 heterocycles. The molecule has 0 fully saturated rings. The van der Waals surface area contributed by atoms with Gasteiger partial charge in [-0.1, -0.05) is 84.6 Å². The maximum atomic E-state index is 4.22. The fraction of sp³-hybridized carbons (Fsp3) is 0.130. The molecule has 4 rings (SSSR count). The van der Waals surface area contributed by atoms with E-state index in [9.17, 15) is 0 Å². The van der Waals surface area contributed by atoms with Crippen LogP contribution in [0.2, 0.25) is 0 Å². The number of fused-ring (bicyclic) bond motifs is 1. The molecule has 2 heteroatoms. The van der Waals surface area contributed by atoms with Gasteiger partial charge in [0.2, 0.25) is 0 Å². The Morgan fingerprint density at radius 3 is 2.40 bits per heavy atom. The summed E-state index contributed by atoms with van der Waals surface area (Å²) in [6, 6.07) is 26.1. The summed E-state index contributed by atoms with van der Waals surface area (Å²) in [4.78, 5) is 1.30. The SMILES string of the molecule is C=C1NC(c2ccc(Cc3ccccc3)cc2)Sc2ccc(C)cc21. The van der Waals surface area contributed by atoms with Crippen molar-refractivity contribution in [2.45, 2.75) is 23.6 Å². The predicted octanol–water partition coefficient (Wildman–Crippen LogP) is 5.95. The molecule has 0 spiro atoms. The number of hydrogen-bond acceptors (Lipinski definition) is 2. The molecule has 3 aromatic carbocycles. The first-order chi connectivity index (χ1) is 12.2. The van der Waals surface area contributed by atoms with E-state index in [0.29, 0.717) is 0 Å². The zero-order valence-electron chi connectivity index (χ0n) is 14.3. The average molecular weight is 343 g/mol. The minimum Gasteiger partial charge on any atom is -0.369 e. The molecule has 3 aromatic rings. The summed E-state index contributed by atoms with van der Waals surface area (Å²) in [6.45, 7) is 6.34. The highest BCUT2D eigenvalue weighted by Gasteiger charge is 2.22. The molecule has 25 heavy (non-hydrogen) atoms. The third-order valence-electron chi connectivity index (χ3n) is 4.54. The first-order valence-corrected chi connectivity index (χ1v) is 9.43. The normalized spacial score (nSPS) is 16.2. The summed E-state index contributed by atoms with van der Waals surface area (Å²) in [5.41, 5.74) is 7.47. The van der Waals surface area contributed by atoms with Gasteiger partial charge in [-0.15, -0.1) is 0 Å². The largest absolute Gasteiger partial charge is 0.369 e. The van der Waals surface area contributed by atoms with Crippen molar-refractivity contribution in [2.75, 3.05) is 0 Å². The van der Waals surface area contributed by atoms with Crippen LogP contribution in [0.5, 0.6) is 0 Å². The van der Waals surface area contributed by atoms with Gasteiger partial charge >= 0.3 is 0 Å². The van der Waals surface area contributed by atoms with E-state index in [1.54, 1.807) is 0 Å². The second-order valence-corrected chi connectivity index (χ2v) is 7.67. The van der Waals surface area contributed by atoms with Gasteiger partial charge in [0, 0.05) is 16.2 Å². The Morgan fingerprint density at radius 1 is 0.920 bits per heavy atom. The second kappa shape index (κ2) is 6.81. The van der Waals surface area contributed by atoms with Gasteiger partial charge in [-0.25, -0.2) is 0 Å². The number of benzene rings is 3. The number of hydrogen-bond donors (Lipinski definition) is 1. The molecule has 0 amide bonds. The predicted molar refractivity (Wildman–Crippen MR) is 108 cm³/mol. The van der Waals surface area contributed by atoms with Crippen LogP contribution in [0, 0.1) is 6.92 Å². The van der Waals surface area contributed by atoms with Gasteiger partial charge < -0.3 is 5.32 Å². The van der Waals surface area contributed by atoms with Crippen molar-refractivity contribution in [3.8, 4) is 0 Å². The Hall–Kier alpha value is -2.45. The fourth-order valence-electron chi connectivity index (χ4n) is 3.17. The van der Waals surface area contributed by atoms with Crippen LogP contribution in [0.15, 0.2) is 84.3 Å². The first-order valence-electron chi connectivity index (χ1n) is 8.55. The number of nitrogens with one attached hydrogen (secondary N) is 1. The van der Waals surface area contributed by atoms with Crippen molar-refractivity contribution in [3.63, 3.8) is 0 Å². The second-order valence-electron chi connectivity index (χ2n) is 6.52. The van der Waals surface area contributed by atoms with Crippen molar-refractivity contribution in [3.05, 3.63) is 107 Å². The maximum absolute atomic E-state index is 4.22. The zero-order chi connectivity index (χ0) is 17.2. The third kappa shape index (κ3) is 3.49. The molecule has 124 valence electrons. The molecule has 1 aliphatic rings. The average Bonchev–Trinajstić information content (AvgIpc) is 2.64. The lowest BCUT2D eigenvalue weighted by atomic mass is 10.0. The van der Waals surface area contributed by atoms with Gasteiger partial charge in [-0.2, -0.15) is 0 Å². The molecule has 0 saturated heterocycles. The quantitative estimate of drug-likeness (QED) is 0.630. The van der Waals surface area contributed by atoms with E-state index in [1.807, 2.05) is 11.8 Å². The Kier molecular flexibility index (Phi) is 4.37. The molecular formula is C23H21NS. The molecule has 0 saturated carbocycles. The molecule has 0 bridgehead atoms. The van der Waals surface area contributed by atoms with E-state index in [-0.39, 0.29) is 5.37 Å². The maximum Gasteiger partial charge on any atom is 0.103 e. The molecule has 0 aliphatic carbocycles.